The highest BCUT2D eigenvalue weighted by Crippen LogP contribution is 2.36. The maximum absolute atomic E-state index is 12.8. The van der Waals surface area contributed by atoms with Crippen LogP contribution in [0.4, 0.5) is 0 Å². The number of hydrogen-bond acceptors (Lipinski definition) is 4. The number of fused-ring (bicyclic) bond motifs is 1. The second-order valence-electron chi connectivity index (χ2n) is 7.44. The molecule has 1 unspecified atom stereocenters. The van der Waals surface area contributed by atoms with Crippen LogP contribution in [-0.4, -0.2) is 46.9 Å². The van der Waals surface area contributed by atoms with Gasteiger partial charge in [-0.25, -0.2) is 4.98 Å². The summed E-state index contributed by atoms with van der Waals surface area (Å²) in [4.78, 5) is 22.0. The number of para-hydroxylation sites is 1. The van der Waals surface area contributed by atoms with E-state index in [-0.39, 0.29) is 5.91 Å². The summed E-state index contributed by atoms with van der Waals surface area (Å²) in [7, 11) is 2.00. The molecule has 2 heterocycles. The van der Waals surface area contributed by atoms with Gasteiger partial charge in [-0.1, -0.05) is 31.4 Å². The summed E-state index contributed by atoms with van der Waals surface area (Å²) in [5, 5.41) is 1.17. The molecule has 2 aliphatic rings. The Morgan fingerprint density at radius 3 is 2.80 bits per heavy atom. The Morgan fingerprint density at radius 1 is 1.20 bits per heavy atom. The molecule has 2 aromatic rings. The average molecular weight is 358 g/mol. The number of likely N-dealkylation sites (tertiary alicyclic amines) is 1. The SMILES string of the molecule is CN(C(=O)CN1CCCC1c1nc2ccccc2s1)C1CCCCC1. The molecule has 0 radical (unpaired) electrons. The molecule has 1 saturated carbocycles. The van der Waals surface area contributed by atoms with Crippen molar-refractivity contribution in [1.82, 2.24) is 14.8 Å². The van der Waals surface area contributed by atoms with Crippen molar-refractivity contribution in [1.29, 1.82) is 0 Å². The molecule has 1 amide bonds. The molecule has 2 fully saturated rings. The number of likely N-dealkylation sites (N-methyl/N-ethyl adjacent to an activating group) is 1. The molecule has 1 aliphatic heterocycles. The Morgan fingerprint density at radius 2 is 2.00 bits per heavy atom. The van der Waals surface area contributed by atoms with E-state index in [4.69, 9.17) is 4.98 Å². The summed E-state index contributed by atoms with van der Waals surface area (Å²) < 4.78 is 1.25. The first-order valence-electron chi connectivity index (χ1n) is 9.57. The summed E-state index contributed by atoms with van der Waals surface area (Å²) in [5.74, 6) is 0.278. The molecule has 0 N–H and O–H groups in total. The molecule has 5 heteroatoms. The molecule has 1 saturated heterocycles. The zero-order valence-corrected chi connectivity index (χ0v) is 15.8. The van der Waals surface area contributed by atoms with Crippen LogP contribution in [0.3, 0.4) is 0 Å². The zero-order valence-electron chi connectivity index (χ0n) is 15.0. The Kier molecular flexibility index (Phi) is 5.04. The van der Waals surface area contributed by atoms with Crippen molar-refractivity contribution in [2.75, 3.05) is 20.1 Å². The lowest BCUT2D eigenvalue weighted by Crippen LogP contribution is -2.44. The maximum atomic E-state index is 12.8. The highest BCUT2D eigenvalue weighted by atomic mass is 32.1. The molecular weight excluding hydrogens is 330 g/mol. The fourth-order valence-corrected chi connectivity index (χ4v) is 5.42. The van der Waals surface area contributed by atoms with E-state index >= 15 is 0 Å². The number of rotatable bonds is 4. The number of carbonyl (C=O) groups excluding carboxylic acids is 1. The highest BCUT2D eigenvalue weighted by Gasteiger charge is 2.32. The number of aromatic nitrogens is 1. The second-order valence-corrected chi connectivity index (χ2v) is 8.51. The van der Waals surface area contributed by atoms with E-state index in [0.717, 1.165) is 24.9 Å². The van der Waals surface area contributed by atoms with Crippen LogP contribution in [0.5, 0.6) is 0 Å². The van der Waals surface area contributed by atoms with E-state index in [1.54, 1.807) is 11.3 Å². The van der Waals surface area contributed by atoms with Crippen molar-refractivity contribution in [3.05, 3.63) is 29.3 Å². The van der Waals surface area contributed by atoms with Gasteiger partial charge in [0.25, 0.3) is 0 Å². The summed E-state index contributed by atoms with van der Waals surface area (Å²) in [5.41, 5.74) is 1.08. The fraction of sp³-hybridized carbons (Fsp3) is 0.600. The van der Waals surface area contributed by atoms with E-state index in [0.29, 0.717) is 18.6 Å². The van der Waals surface area contributed by atoms with Crippen molar-refractivity contribution in [3.63, 3.8) is 0 Å². The first-order valence-corrected chi connectivity index (χ1v) is 10.4. The Labute approximate surface area is 153 Å². The molecule has 134 valence electrons. The van der Waals surface area contributed by atoms with Gasteiger partial charge in [0.15, 0.2) is 0 Å². The molecular formula is C20H27N3OS. The van der Waals surface area contributed by atoms with Crippen LogP contribution in [0.25, 0.3) is 10.2 Å². The minimum Gasteiger partial charge on any atom is -0.342 e. The van der Waals surface area contributed by atoms with Crippen molar-refractivity contribution >= 4 is 27.5 Å². The Hall–Kier alpha value is -1.46. The van der Waals surface area contributed by atoms with E-state index in [9.17, 15) is 4.79 Å². The van der Waals surface area contributed by atoms with Crippen LogP contribution in [0.2, 0.25) is 0 Å². The maximum Gasteiger partial charge on any atom is 0.236 e. The average Bonchev–Trinajstić information content (AvgIpc) is 3.27. The molecule has 1 aromatic carbocycles. The summed E-state index contributed by atoms with van der Waals surface area (Å²) in [6, 6.07) is 9.08. The van der Waals surface area contributed by atoms with Crippen molar-refractivity contribution in [2.24, 2.45) is 0 Å². The first kappa shape index (κ1) is 17.0. The van der Waals surface area contributed by atoms with E-state index < -0.39 is 0 Å². The smallest absolute Gasteiger partial charge is 0.236 e. The van der Waals surface area contributed by atoms with E-state index in [2.05, 4.69) is 23.1 Å². The van der Waals surface area contributed by atoms with Crippen molar-refractivity contribution < 1.29 is 4.79 Å². The molecule has 25 heavy (non-hydrogen) atoms. The van der Waals surface area contributed by atoms with Gasteiger partial charge in [0.05, 0.1) is 22.8 Å². The number of nitrogens with zero attached hydrogens (tertiary/aromatic N) is 3. The number of hydrogen-bond donors (Lipinski definition) is 0. The molecule has 1 aliphatic carbocycles. The van der Waals surface area contributed by atoms with Gasteiger partial charge in [0, 0.05) is 13.1 Å². The van der Waals surface area contributed by atoms with Crippen LogP contribution in [0.15, 0.2) is 24.3 Å². The van der Waals surface area contributed by atoms with Crippen molar-refractivity contribution in [2.45, 2.75) is 57.0 Å². The number of amides is 1. The third-order valence-electron chi connectivity index (χ3n) is 5.81. The largest absolute Gasteiger partial charge is 0.342 e. The molecule has 0 spiro atoms. The van der Waals surface area contributed by atoms with Gasteiger partial charge < -0.3 is 4.90 Å². The van der Waals surface area contributed by atoms with Gasteiger partial charge in [0.2, 0.25) is 5.91 Å². The third-order valence-corrected chi connectivity index (χ3v) is 6.95. The van der Waals surface area contributed by atoms with Gasteiger partial charge in [-0.2, -0.15) is 0 Å². The predicted molar refractivity (Wildman–Crippen MR) is 103 cm³/mol. The third kappa shape index (κ3) is 3.58. The monoisotopic (exact) mass is 357 g/mol. The van der Waals surface area contributed by atoms with E-state index in [1.807, 2.05) is 18.0 Å². The Balaban J connectivity index is 1.44. The van der Waals surface area contributed by atoms with Crippen LogP contribution < -0.4 is 0 Å². The number of thiazole rings is 1. The van der Waals surface area contributed by atoms with Gasteiger partial charge in [-0.15, -0.1) is 11.3 Å². The molecule has 0 bridgehead atoms. The number of carbonyl (C=O) groups is 1. The minimum atomic E-state index is 0.278. The lowest BCUT2D eigenvalue weighted by Gasteiger charge is -2.33. The Bertz CT molecular complexity index is 704. The normalized spacial score (nSPS) is 22.5. The highest BCUT2D eigenvalue weighted by molar-refractivity contribution is 7.18. The molecule has 4 nitrogen and oxygen atoms in total. The lowest BCUT2D eigenvalue weighted by atomic mass is 9.94. The van der Waals surface area contributed by atoms with Gasteiger partial charge in [-0.3, -0.25) is 9.69 Å². The quantitative estimate of drug-likeness (QED) is 0.822. The fourth-order valence-electron chi connectivity index (χ4n) is 4.28. The van der Waals surface area contributed by atoms with Crippen LogP contribution in [0.1, 0.15) is 56.0 Å². The van der Waals surface area contributed by atoms with Crippen LogP contribution in [-0.2, 0) is 4.79 Å². The predicted octanol–water partition coefficient (Wildman–Crippen LogP) is 4.22. The first-order chi connectivity index (χ1) is 12.2. The standard InChI is InChI=1S/C20H27N3OS/c1-22(15-8-3-2-4-9-15)19(24)14-23-13-7-11-17(23)20-21-16-10-5-6-12-18(16)25-20/h5-6,10,12,15,17H,2-4,7-9,11,13-14H2,1H3. The zero-order chi connectivity index (χ0) is 17.2. The lowest BCUT2D eigenvalue weighted by molar-refractivity contribution is -0.134. The molecule has 1 aromatic heterocycles. The summed E-state index contributed by atoms with van der Waals surface area (Å²) in [6.07, 6.45) is 8.46. The van der Waals surface area contributed by atoms with Crippen LogP contribution in [0, 0.1) is 0 Å². The van der Waals surface area contributed by atoms with Crippen molar-refractivity contribution in [3.8, 4) is 0 Å². The van der Waals surface area contributed by atoms with Crippen LogP contribution >= 0.6 is 11.3 Å². The van der Waals surface area contributed by atoms with Gasteiger partial charge in [-0.05, 0) is 44.4 Å². The topological polar surface area (TPSA) is 36.4 Å². The van der Waals surface area contributed by atoms with E-state index in [1.165, 1.54) is 41.8 Å². The summed E-state index contributed by atoms with van der Waals surface area (Å²) >= 11 is 1.78. The van der Waals surface area contributed by atoms with Gasteiger partial charge in [0.1, 0.15) is 5.01 Å². The summed E-state index contributed by atoms with van der Waals surface area (Å²) in [6.45, 7) is 1.54. The number of benzene rings is 1. The van der Waals surface area contributed by atoms with Gasteiger partial charge >= 0.3 is 0 Å². The second kappa shape index (κ2) is 7.42. The molecule has 4 rings (SSSR count). The minimum absolute atomic E-state index is 0.278. The molecule has 1 atom stereocenters.